The van der Waals surface area contributed by atoms with Crippen LogP contribution in [0.3, 0.4) is 0 Å². The maximum Gasteiger partial charge on any atom is 0.0594 e. The molecule has 1 heterocycles. The van der Waals surface area contributed by atoms with Crippen LogP contribution in [-0.4, -0.2) is 43.1 Å². The molecule has 11 heavy (non-hydrogen) atoms. The minimum absolute atomic E-state index is 0. The van der Waals surface area contributed by atoms with Gasteiger partial charge in [-0.3, -0.25) is 4.90 Å². The minimum atomic E-state index is 0. The van der Waals surface area contributed by atoms with E-state index in [9.17, 15) is 0 Å². The summed E-state index contributed by atoms with van der Waals surface area (Å²) in [6.45, 7) is 5.95. The van der Waals surface area contributed by atoms with Gasteiger partial charge < -0.3 is 4.74 Å². The zero-order valence-corrected chi connectivity index (χ0v) is 8.33. The number of hydrogen-bond donors (Lipinski definition) is 0. The molecule has 0 aromatic heterocycles. The van der Waals surface area contributed by atoms with Gasteiger partial charge in [0.1, 0.15) is 0 Å². The Bertz CT molecular complexity index is 96.4. The van der Waals surface area contributed by atoms with Crippen LogP contribution in [0.4, 0.5) is 0 Å². The van der Waals surface area contributed by atoms with Crippen molar-refractivity contribution in [3.63, 3.8) is 0 Å². The lowest BCUT2D eigenvalue weighted by Crippen LogP contribution is -2.42. The second-order valence-electron chi connectivity index (χ2n) is 2.65. The summed E-state index contributed by atoms with van der Waals surface area (Å²) in [6, 6.07) is 0.505. The monoisotopic (exact) mass is 199 g/mol. The lowest BCUT2D eigenvalue weighted by Gasteiger charge is -2.30. The fraction of sp³-hybridized carbons (Fsp3) is 1.00. The molecule has 1 aliphatic heterocycles. The van der Waals surface area contributed by atoms with Gasteiger partial charge in [-0.1, -0.05) is 0 Å². The molecular weight excluding hydrogens is 185 g/mol. The predicted molar refractivity (Wildman–Crippen MR) is 49.8 cm³/mol. The van der Waals surface area contributed by atoms with Gasteiger partial charge in [-0.2, -0.15) is 0 Å². The number of rotatable bonds is 2. The van der Waals surface area contributed by atoms with Crippen molar-refractivity contribution in [1.82, 2.24) is 4.90 Å². The first kappa shape index (κ1) is 11.5. The Kier molecular flexibility index (Phi) is 6.34. The highest BCUT2D eigenvalue weighted by atomic mass is 35.5. The van der Waals surface area contributed by atoms with Crippen molar-refractivity contribution in [3.8, 4) is 0 Å². The van der Waals surface area contributed by atoms with Gasteiger partial charge in [-0.25, -0.2) is 0 Å². The smallest absolute Gasteiger partial charge is 0.0594 e. The van der Waals surface area contributed by atoms with Crippen molar-refractivity contribution < 1.29 is 4.74 Å². The molecule has 0 aliphatic carbocycles. The highest BCUT2D eigenvalue weighted by Crippen LogP contribution is 2.04. The maximum absolute atomic E-state index is 5.70. The SMILES string of the molecule is CC(CCl)N1CCOCC1.Cl. The number of hydrogen-bond acceptors (Lipinski definition) is 2. The van der Waals surface area contributed by atoms with E-state index in [2.05, 4.69) is 11.8 Å². The number of alkyl halides is 1. The third kappa shape index (κ3) is 3.61. The van der Waals surface area contributed by atoms with Crippen LogP contribution in [-0.2, 0) is 4.74 Å². The van der Waals surface area contributed by atoms with Gasteiger partial charge in [-0.15, -0.1) is 24.0 Å². The van der Waals surface area contributed by atoms with Crippen molar-refractivity contribution in [1.29, 1.82) is 0 Å². The highest BCUT2D eigenvalue weighted by molar-refractivity contribution is 6.18. The van der Waals surface area contributed by atoms with E-state index in [0.29, 0.717) is 6.04 Å². The molecule has 0 bridgehead atoms. The standard InChI is InChI=1S/C7H14ClNO.ClH/c1-7(6-8)9-2-4-10-5-3-9;/h7H,2-6H2,1H3;1H. The van der Waals surface area contributed by atoms with E-state index >= 15 is 0 Å². The van der Waals surface area contributed by atoms with Gasteiger partial charge in [0.15, 0.2) is 0 Å². The van der Waals surface area contributed by atoms with Crippen LogP contribution in [0, 0.1) is 0 Å². The molecule has 0 radical (unpaired) electrons. The largest absolute Gasteiger partial charge is 0.379 e. The second kappa shape index (κ2) is 6.06. The molecular formula is C7H15Cl2NO. The predicted octanol–water partition coefficient (Wildman–Crippen LogP) is 1.37. The molecule has 0 aromatic rings. The van der Waals surface area contributed by atoms with E-state index < -0.39 is 0 Å². The summed E-state index contributed by atoms with van der Waals surface area (Å²) in [5.41, 5.74) is 0. The molecule has 0 amide bonds. The topological polar surface area (TPSA) is 12.5 Å². The van der Waals surface area contributed by atoms with Gasteiger partial charge >= 0.3 is 0 Å². The Morgan fingerprint density at radius 1 is 1.45 bits per heavy atom. The molecule has 2 nitrogen and oxygen atoms in total. The maximum atomic E-state index is 5.70. The summed E-state index contributed by atoms with van der Waals surface area (Å²) in [6.07, 6.45) is 0. The van der Waals surface area contributed by atoms with Gasteiger partial charge in [0.05, 0.1) is 13.2 Å². The van der Waals surface area contributed by atoms with Crippen molar-refractivity contribution in [2.24, 2.45) is 0 Å². The Labute approximate surface area is 79.3 Å². The number of nitrogens with zero attached hydrogens (tertiary/aromatic N) is 1. The molecule has 0 saturated carbocycles. The zero-order valence-electron chi connectivity index (χ0n) is 6.75. The first-order valence-corrected chi connectivity index (χ1v) is 4.26. The normalized spacial score (nSPS) is 22.4. The quantitative estimate of drug-likeness (QED) is 0.624. The number of halogens is 2. The fourth-order valence-corrected chi connectivity index (χ4v) is 1.31. The van der Waals surface area contributed by atoms with Crippen molar-refractivity contribution >= 4 is 24.0 Å². The van der Waals surface area contributed by atoms with Crippen LogP contribution in [0.2, 0.25) is 0 Å². The van der Waals surface area contributed by atoms with Crippen LogP contribution in [0.15, 0.2) is 0 Å². The van der Waals surface area contributed by atoms with Crippen LogP contribution in [0.1, 0.15) is 6.92 Å². The minimum Gasteiger partial charge on any atom is -0.379 e. The molecule has 1 atom stereocenters. The van der Waals surface area contributed by atoms with Crippen LogP contribution < -0.4 is 0 Å². The summed E-state index contributed by atoms with van der Waals surface area (Å²) in [7, 11) is 0. The molecule has 4 heteroatoms. The van der Waals surface area contributed by atoms with Crippen molar-refractivity contribution in [3.05, 3.63) is 0 Å². The number of morpholine rings is 1. The molecule has 0 N–H and O–H groups in total. The summed E-state index contributed by atoms with van der Waals surface area (Å²) in [5, 5.41) is 0. The summed E-state index contributed by atoms with van der Waals surface area (Å²) >= 11 is 5.70. The molecule has 0 aromatic carbocycles. The Morgan fingerprint density at radius 2 is 2.00 bits per heavy atom. The third-order valence-corrected chi connectivity index (χ3v) is 2.34. The van der Waals surface area contributed by atoms with E-state index in [4.69, 9.17) is 16.3 Å². The Morgan fingerprint density at radius 3 is 2.45 bits per heavy atom. The van der Waals surface area contributed by atoms with E-state index in [1.807, 2.05) is 0 Å². The summed E-state index contributed by atoms with van der Waals surface area (Å²) in [5.74, 6) is 0.722. The Hall–Kier alpha value is 0.500. The lowest BCUT2D eigenvalue weighted by molar-refractivity contribution is 0.0244. The average Bonchev–Trinajstić information content (AvgIpc) is 2.05. The van der Waals surface area contributed by atoms with Crippen LogP contribution in [0.25, 0.3) is 0 Å². The van der Waals surface area contributed by atoms with Crippen LogP contribution >= 0.6 is 24.0 Å². The lowest BCUT2D eigenvalue weighted by atomic mass is 10.3. The van der Waals surface area contributed by atoms with Crippen molar-refractivity contribution in [2.75, 3.05) is 32.2 Å². The second-order valence-corrected chi connectivity index (χ2v) is 2.96. The van der Waals surface area contributed by atoms with E-state index in [-0.39, 0.29) is 12.4 Å². The molecule has 1 rings (SSSR count). The molecule has 1 fully saturated rings. The Balaban J connectivity index is 0.000001000. The molecule has 1 saturated heterocycles. The van der Waals surface area contributed by atoms with Crippen LogP contribution in [0.5, 0.6) is 0 Å². The first-order valence-electron chi connectivity index (χ1n) is 3.72. The third-order valence-electron chi connectivity index (χ3n) is 1.89. The van der Waals surface area contributed by atoms with Gasteiger partial charge in [0, 0.05) is 25.0 Å². The number of ether oxygens (including phenoxy) is 1. The fourth-order valence-electron chi connectivity index (χ4n) is 1.12. The summed E-state index contributed by atoms with van der Waals surface area (Å²) < 4.78 is 5.21. The molecule has 0 spiro atoms. The first-order chi connectivity index (χ1) is 4.84. The summed E-state index contributed by atoms with van der Waals surface area (Å²) in [4.78, 5) is 2.36. The molecule has 1 unspecified atom stereocenters. The van der Waals surface area contributed by atoms with Gasteiger partial charge in [0.2, 0.25) is 0 Å². The van der Waals surface area contributed by atoms with E-state index in [0.717, 1.165) is 32.2 Å². The van der Waals surface area contributed by atoms with Gasteiger partial charge in [0.25, 0.3) is 0 Å². The van der Waals surface area contributed by atoms with E-state index in [1.54, 1.807) is 0 Å². The van der Waals surface area contributed by atoms with Crippen molar-refractivity contribution in [2.45, 2.75) is 13.0 Å². The molecule has 68 valence electrons. The average molecular weight is 200 g/mol. The van der Waals surface area contributed by atoms with E-state index in [1.165, 1.54) is 0 Å². The highest BCUT2D eigenvalue weighted by Gasteiger charge is 2.15. The zero-order chi connectivity index (χ0) is 7.40. The van der Waals surface area contributed by atoms with Gasteiger partial charge in [-0.05, 0) is 6.92 Å². The molecule has 1 aliphatic rings.